The molecular weight excluding hydrogens is 276 g/mol. The number of nitrogens with one attached hydrogen (secondary N) is 1. The summed E-state index contributed by atoms with van der Waals surface area (Å²) in [6.45, 7) is 0.296. The van der Waals surface area contributed by atoms with Crippen molar-refractivity contribution in [2.75, 3.05) is 6.79 Å². The monoisotopic (exact) mass is 290 g/mol. The second-order valence-corrected chi connectivity index (χ2v) is 5.65. The van der Waals surface area contributed by atoms with Gasteiger partial charge in [0.2, 0.25) is 6.79 Å². The summed E-state index contributed by atoms with van der Waals surface area (Å²) in [5.41, 5.74) is 7.18. The van der Waals surface area contributed by atoms with Gasteiger partial charge in [0.05, 0.1) is 11.4 Å². The van der Waals surface area contributed by atoms with Gasteiger partial charge >= 0.3 is 0 Å². The van der Waals surface area contributed by atoms with E-state index in [0.29, 0.717) is 6.79 Å². The molecule has 22 heavy (non-hydrogen) atoms. The number of ether oxygens (including phenoxy) is 2. The summed E-state index contributed by atoms with van der Waals surface area (Å²) in [7, 11) is 0. The van der Waals surface area contributed by atoms with Crippen molar-refractivity contribution in [2.45, 2.75) is 12.8 Å². The Kier molecular flexibility index (Phi) is 2.36. The minimum Gasteiger partial charge on any atom is -0.454 e. The molecule has 0 fully saturated rings. The summed E-state index contributed by atoms with van der Waals surface area (Å²) in [5, 5.41) is 7.80. The SMILES string of the molecule is c1ccc2c(c1)CCc1c(-c3ccc4c(c3)OCO4)n[nH]c1-2. The highest BCUT2D eigenvalue weighted by Gasteiger charge is 2.23. The summed E-state index contributed by atoms with van der Waals surface area (Å²) >= 11 is 0. The number of hydrogen-bond donors (Lipinski definition) is 1. The predicted octanol–water partition coefficient (Wildman–Crippen LogP) is 3.57. The Bertz CT molecular complexity index is 883. The van der Waals surface area contributed by atoms with Crippen molar-refractivity contribution in [1.29, 1.82) is 0 Å². The lowest BCUT2D eigenvalue weighted by molar-refractivity contribution is 0.174. The first-order valence-electron chi connectivity index (χ1n) is 7.46. The molecule has 0 unspecified atom stereocenters. The van der Waals surface area contributed by atoms with Gasteiger partial charge in [-0.05, 0) is 36.6 Å². The molecule has 2 heterocycles. The molecule has 0 saturated heterocycles. The van der Waals surface area contributed by atoms with Gasteiger partial charge in [0.25, 0.3) is 0 Å². The van der Waals surface area contributed by atoms with Gasteiger partial charge in [-0.25, -0.2) is 0 Å². The zero-order valence-corrected chi connectivity index (χ0v) is 11.9. The Labute approximate surface area is 127 Å². The standard InChI is InChI=1S/C18H14N2O2/c1-2-4-13-11(3-1)5-7-14-17(19-20-18(13)14)12-6-8-15-16(9-12)22-10-21-15/h1-4,6,8-9H,5,7,10H2,(H,19,20). The lowest BCUT2D eigenvalue weighted by atomic mass is 9.88. The van der Waals surface area contributed by atoms with Crippen molar-refractivity contribution in [3.8, 4) is 34.0 Å². The van der Waals surface area contributed by atoms with Gasteiger partial charge in [0, 0.05) is 16.7 Å². The van der Waals surface area contributed by atoms with Crippen molar-refractivity contribution in [3.63, 3.8) is 0 Å². The molecule has 0 amide bonds. The summed E-state index contributed by atoms with van der Waals surface area (Å²) in [6, 6.07) is 14.5. The van der Waals surface area contributed by atoms with E-state index in [1.165, 1.54) is 16.7 Å². The highest BCUT2D eigenvalue weighted by atomic mass is 16.7. The van der Waals surface area contributed by atoms with E-state index in [2.05, 4.69) is 34.5 Å². The topological polar surface area (TPSA) is 47.1 Å². The van der Waals surface area contributed by atoms with Crippen molar-refractivity contribution in [2.24, 2.45) is 0 Å². The fraction of sp³-hybridized carbons (Fsp3) is 0.167. The Hall–Kier alpha value is -2.75. The molecule has 1 aliphatic carbocycles. The predicted molar refractivity (Wildman–Crippen MR) is 83.0 cm³/mol. The van der Waals surface area contributed by atoms with Crippen LogP contribution in [-0.2, 0) is 12.8 Å². The molecule has 0 atom stereocenters. The molecule has 4 heteroatoms. The number of H-pyrrole nitrogens is 1. The van der Waals surface area contributed by atoms with Crippen LogP contribution in [0.2, 0.25) is 0 Å². The second kappa shape index (κ2) is 4.37. The molecule has 0 spiro atoms. The highest BCUT2D eigenvalue weighted by molar-refractivity contribution is 5.78. The van der Waals surface area contributed by atoms with E-state index < -0.39 is 0 Å². The van der Waals surface area contributed by atoms with Crippen LogP contribution in [0.3, 0.4) is 0 Å². The van der Waals surface area contributed by atoms with Crippen LogP contribution in [0, 0.1) is 0 Å². The molecule has 108 valence electrons. The molecule has 1 aromatic heterocycles. The molecule has 1 aliphatic heterocycles. The Morgan fingerprint density at radius 2 is 1.86 bits per heavy atom. The van der Waals surface area contributed by atoms with Crippen LogP contribution in [0.15, 0.2) is 42.5 Å². The number of aryl methyl sites for hydroxylation is 1. The van der Waals surface area contributed by atoms with Crippen LogP contribution >= 0.6 is 0 Å². The van der Waals surface area contributed by atoms with Crippen LogP contribution in [0.25, 0.3) is 22.5 Å². The van der Waals surface area contributed by atoms with E-state index in [1.54, 1.807) is 0 Å². The van der Waals surface area contributed by atoms with Crippen molar-refractivity contribution >= 4 is 0 Å². The van der Waals surface area contributed by atoms with Gasteiger partial charge in [-0.15, -0.1) is 0 Å². The summed E-state index contributed by atoms with van der Waals surface area (Å²) < 4.78 is 10.9. The van der Waals surface area contributed by atoms with E-state index in [4.69, 9.17) is 9.47 Å². The molecule has 5 rings (SSSR count). The van der Waals surface area contributed by atoms with Crippen LogP contribution in [0.1, 0.15) is 11.1 Å². The third-order valence-corrected chi connectivity index (χ3v) is 4.44. The van der Waals surface area contributed by atoms with Gasteiger partial charge in [-0.2, -0.15) is 5.10 Å². The van der Waals surface area contributed by atoms with E-state index in [-0.39, 0.29) is 0 Å². The fourth-order valence-electron chi connectivity index (χ4n) is 3.36. The maximum Gasteiger partial charge on any atom is 0.231 e. The number of fused-ring (bicyclic) bond motifs is 4. The van der Waals surface area contributed by atoms with Crippen LogP contribution < -0.4 is 9.47 Å². The van der Waals surface area contributed by atoms with Crippen molar-refractivity contribution < 1.29 is 9.47 Å². The number of hydrogen-bond acceptors (Lipinski definition) is 3. The fourth-order valence-corrected chi connectivity index (χ4v) is 3.36. The first-order chi connectivity index (χ1) is 10.9. The molecule has 1 N–H and O–H groups in total. The zero-order valence-electron chi connectivity index (χ0n) is 11.9. The number of aromatic amines is 1. The van der Waals surface area contributed by atoms with Crippen LogP contribution in [-0.4, -0.2) is 17.0 Å². The first-order valence-corrected chi connectivity index (χ1v) is 7.46. The minimum atomic E-state index is 0.296. The Balaban J connectivity index is 1.66. The third kappa shape index (κ3) is 1.61. The Morgan fingerprint density at radius 1 is 0.955 bits per heavy atom. The van der Waals surface area contributed by atoms with E-state index >= 15 is 0 Å². The summed E-state index contributed by atoms with van der Waals surface area (Å²) in [5.74, 6) is 1.60. The van der Waals surface area contributed by atoms with Crippen molar-refractivity contribution in [3.05, 3.63) is 53.6 Å². The molecule has 0 saturated carbocycles. The van der Waals surface area contributed by atoms with Gasteiger partial charge < -0.3 is 9.47 Å². The Morgan fingerprint density at radius 3 is 2.86 bits per heavy atom. The third-order valence-electron chi connectivity index (χ3n) is 4.44. The lowest BCUT2D eigenvalue weighted by Crippen LogP contribution is -2.03. The number of aromatic nitrogens is 2. The van der Waals surface area contributed by atoms with Gasteiger partial charge in [-0.3, -0.25) is 5.10 Å². The zero-order chi connectivity index (χ0) is 14.5. The number of benzene rings is 2. The molecule has 2 aliphatic rings. The quantitative estimate of drug-likeness (QED) is 0.745. The van der Waals surface area contributed by atoms with Gasteiger partial charge in [0.15, 0.2) is 11.5 Å². The maximum absolute atomic E-state index is 5.48. The smallest absolute Gasteiger partial charge is 0.231 e. The molecule has 0 bridgehead atoms. The average Bonchev–Trinajstić information content (AvgIpc) is 3.20. The van der Waals surface area contributed by atoms with E-state index in [1.807, 2.05) is 18.2 Å². The largest absolute Gasteiger partial charge is 0.454 e. The molecule has 3 aromatic rings. The molecule has 4 nitrogen and oxygen atoms in total. The molecule has 2 aromatic carbocycles. The van der Waals surface area contributed by atoms with Gasteiger partial charge in [-0.1, -0.05) is 24.3 Å². The summed E-state index contributed by atoms with van der Waals surface area (Å²) in [4.78, 5) is 0. The second-order valence-electron chi connectivity index (χ2n) is 5.65. The van der Waals surface area contributed by atoms with E-state index in [9.17, 15) is 0 Å². The highest BCUT2D eigenvalue weighted by Crippen LogP contribution is 2.40. The molecule has 0 radical (unpaired) electrons. The normalized spacial score (nSPS) is 14.5. The number of nitrogens with zero attached hydrogens (tertiary/aromatic N) is 1. The van der Waals surface area contributed by atoms with Crippen LogP contribution in [0.4, 0.5) is 0 Å². The lowest BCUT2D eigenvalue weighted by Gasteiger charge is -2.16. The average molecular weight is 290 g/mol. The van der Waals surface area contributed by atoms with Crippen molar-refractivity contribution in [1.82, 2.24) is 10.2 Å². The van der Waals surface area contributed by atoms with Gasteiger partial charge in [0.1, 0.15) is 0 Å². The summed E-state index contributed by atoms with van der Waals surface area (Å²) in [6.07, 6.45) is 2.06. The minimum absolute atomic E-state index is 0.296. The number of rotatable bonds is 1. The maximum atomic E-state index is 5.48. The van der Waals surface area contributed by atoms with E-state index in [0.717, 1.165) is 41.3 Å². The van der Waals surface area contributed by atoms with Crippen LogP contribution in [0.5, 0.6) is 11.5 Å². The molecular formula is C18H14N2O2. The first kappa shape index (κ1) is 11.9.